The number of aliphatic hydroxyl groups is 1. The molecule has 2 rings (SSSR count). The monoisotopic (exact) mass is 225 g/mol. The number of benzene rings is 1. The van der Waals surface area contributed by atoms with Crippen molar-refractivity contribution in [1.29, 1.82) is 0 Å². The number of hydrogen-bond acceptors (Lipinski definition) is 3. The zero-order chi connectivity index (χ0) is 11.5. The van der Waals surface area contributed by atoms with Crippen LogP contribution in [0.1, 0.15) is 0 Å². The van der Waals surface area contributed by atoms with Crippen LogP contribution in [0.4, 0.5) is 14.9 Å². The number of amides is 1. The van der Waals surface area contributed by atoms with Crippen molar-refractivity contribution < 1.29 is 19.0 Å². The lowest BCUT2D eigenvalue weighted by Gasteiger charge is -2.31. The summed E-state index contributed by atoms with van der Waals surface area (Å²) in [5.74, 6) is -0.449. The fourth-order valence-corrected chi connectivity index (χ4v) is 1.59. The number of cyclic esters (lactones) is 1. The van der Waals surface area contributed by atoms with Crippen LogP contribution in [0.2, 0.25) is 0 Å². The van der Waals surface area contributed by atoms with Crippen LogP contribution >= 0.6 is 0 Å². The largest absolute Gasteiger partial charge is 0.449 e. The van der Waals surface area contributed by atoms with E-state index in [2.05, 4.69) is 0 Å². The molecule has 0 bridgehead atoms. The molecule has 1 aliphatic heterocycles. The molecule has 0 aromatic heterocycles. The van der Waals surface area contributed by atoms with Gasteiger partial charge in [0.25, 0.3) is 0 Å². The molecule has 1 fully saturated rings. The fourth-order valence-electron chi connectivity index (χ4n) is 1.59. The molecule has 0 aliphatic carbocycles. The number of carbonyl (C=O) groups is 1. The molecule has 4 nitrogen and oxygen atoms in total. The van der Waals surface area contributed by atoms with Gasteiger partial charge in [0.15, 0.2) is 0 Å². The van der Waals surface area contributed by atoms with E-state index in [9.17, 15) is 9.18 Å². The maximum Gasteiger partial charge on any atom is 0.414 e. The summed E-state index contributed by atoms with van der Waals surface area (Å²) in [7, 11) is 0. The Labute approximate surface area is 92.2 Å². The van der Waals surface area contributed by atoms with Gasteiger partial charge in [0.2, 0.25) is 0 Å². The van der Waals surface area contributed by atoms with E-state index in [4.69, 9.17) is 9.84 Å². The number of rotatable bonds is 2. The Bertz CT molecular complexity index is 379. The lowest BCUT2D eigenvalue weighted by atomic mass is 10.1. The molecule has 0 radical (unpaired) electrons. The number of carbonyl (C=O) groups excluding carboxylic acids is 1. The molecule has 0 saturated carbocycles. The number of ether oxygens (including phenoxy) is 1. The zero-order valence-electron chi connectivity index (χ0n) is 8.60. The molecule has 5 heteroatoms. The van der Waals surface area contributed by atoms with Gasteiger partial charge in [-0.15, -0.1) is 0 Å². The van der Waals surface area contributed by atoms with Gasteiger partial charge in [0.1, 0.15) is 5.82 Å². The van der Waals surface area contributed by atoms with E-state index in [0.29, 0.717) is 12.2 Å². The minimum atomic E-state index is -0.462. The van der Waals surface area contributed by atoms with Gasteiger partial charge >= 0.3 is 6.09 Å². The Kier molecular flexibility index (Phi) is 3.05. The number of halogens is 1. The van der Waals surface area contributed by atoms with E-state index < -0.39 is 6.09 Å². The Hall–Kier alpha value is -1.62. The smallest absolute Gasteiger partial charge is 0.414 e. The molecule has 1 atom stereocenters. The van der Waals surface area contributed by atoms with Crippen molar-refractivity contribution in [2.75, 3.05) is 24.7 Å². The van der Waals surface area contributed by atoms with Crippen molar-refractivity contribution >= 4 is 11.8 Å². The van der Waals surface area contributed by atoms with Crippen molar-refractivity contribution in [1.82, 2.24) is 0 Å². The van der Waals surface area contributed by atoms with Gasteiger partial charge in [0, 0.05) is 18.2 Å². The molecule has 1 aromatic rings. The molecule has 1 aromatic carbocycles. The minimum absolute atomic E-state index is 0.0367. The van der Waals surface area contributed by atoms with E-state index in [1.807, 2.05) is 0 Å². The predicted molar refractivity (Wildman–Crippen MR) is 55.7 cm³/mol. The van der Waals surface area contributed by atoms with Crippen molar-refractivity contribution in [2.24, 2.45) is 5.92 Å². The third kappa shape index (κ3) is 2.14. The summed E-state index contributed by atoms with van der Waals surface area (Å²) in [6.07, 6.45) is -0.462. The highest BCUT2D eigenvalue weighted by Crippen LogP contribution is 2.20. The second kappa shape index (κ2) is 4.49. The summed E-state index contributed by atoms with van der Waals surface area (Å²) in [5, 5.41) is 9.01. The topological polar surface area (TPSA) is 49.8 Å². The molecule has 1 N–H and O–H groups in total. The molecule has 1 aliphatic rings. The molecule has 1 unspecified atom stereocenters. The van der Waals surface area contributed by atoms with Gasteiger partial charge in [-0.05, 0) is 24.3 Å². The summed E-state index contributed by atoms with van der Waals surface area (Å²) >= 11 is 0. The Morgan fingerprint density at radius 3 is 2.75 bits per heavy atom. The van der Waals surface area contributed by atoms with Crippen LogP contribution in [-0.2, 0) is 4.74 Å². The number of hydrogen-bond donors (Lipinski definition) is 1. The predicted octanol–water partition coefficient (Wildman–Crippen LogP) is 1.39. The maximum absolute atomic E-state index is 12.7. The first kappa shape index (κ1) is 10.9. The van der Waals surface area contributed by atoms with Gasteiger partial charge in [-0.3, -0.25) is 4.90 Å². The molecule has 0 spiro atoms. The van der Waals surface area contributed by atoms with Gasteiger partial charge in [-0.2, -0.15) is 0 Å². The highest BCUT2D eigenvalue weighted by atomic mass is 19.1. The van der Waals surface area contributed by atoms with Crippen molar-refractivity contribution in [3.8, 4) is 0 Å². The van der Waals surface area contributed by atoms with Gasteiger partial charge < -0.3 is 9.84 Å². The highest BCUT2D eigenvalue weighted by Gasteiger charge is 2.27. The molecular weight excluding hydrogens is 213 g/mol. The van der Waals surface area contributed by atoms with E-state index in [1.54, 1.807) is 0 Å². The van der Waals surface area contributed by atoms with E-state index in [-0.39, 0.29) is 24.9 Å². The second-order valence-corrected chi connectivity index (χ2v) is 3.71. The molecule has 1 heterocycles. The summed E-state index contributed by atoms with van der Waals surface area (Å²) in [5.41, 5.74) is 0.574. The standard InChI is InChI=1S/C11H12FNO3/c12-9-1-3-10(4-2-9)13-5-8(6-14)7-16-11(13)15/h1-4,8,14H,5-7H2. The van der Waals surface area contributed by atoms with Crippen LogP contribution in [0.5, 0.6) is 0 Å². The Morgan fingerprint density at radius 1 is 1.44 bits per heavy atom. The Balaban J connectivity index is 2.17. The average molecular weight is 225 g/mol. The first-order chi connectivity index (χ1) is 7.70. The first-order valence-electron chi connectivity index (χ1n) is 5.01. The molecular formula is C11H12FNO3. The molecule has 1 saturated heterocycles. The van der Waals surface area contributed by atoms with E-state index in [0.717, 1.165) is 0 Å². The molecule has 16 heavy (non-hydrogen) atoms. The van der Waals surface area contributed by atoms with Gasteiger partial charge in [-0.25, -0.2) is 9.18 Å². The minimum Gasteiger partial charge on any atom is -0.449 e. The van der Waals surface area contributed by atoms with Crippen LogP contribution in [0, 0.1) is 11.7 Å². The summed E-state index contributed by atoms with van der Waals surface area (Å²) in [4.78, 5) is 12.9. The fraction of sp³-hybridized carbons (Fsp3) is 0.364. The quantitative estimate of drug-likeness (QED) is 0.827. The third-order valence-corrected chi connectivity index (χ3v) is 2.50. The van der Waals surface area contributed by atoms with Gasteiger partial charge in [0.05, 0.1) is 13.2 Å². The van der Waals surface area contributed by atoms with Crippen LogP contribution < -0.4 is 4.90 Å². The highest BCUT2D eigenvalue weighted by molar-refractivity contribution is 5.88. The van der Waals surface area contributed by atoms with E-state index in [1.165, 1.54) is 29.2 Å². The Morgan fingerprint density at radius 2 is 2.12 bits per heavy atom. The van der Waals surface area contributed by atoms with Crippen molar-refractivity contribution in [3.05, 3.63) is 30.1 Å². The van der Waals surface area contributed by atoms with Crippen LogP contribution in [-0.4, -0.2) is 31.0 Å². The number of anilines is 1. The maximum atomic E-state index is 12.7. The number of nitrogens with zero attached hydrogens (tertiary/aromatic N) is 1. The van der Waals surface area contributed by atoms with Crippen molar-refractivity contribution in [3.63, 3.8) is 0 Å². The first-order valence-corrected chi connectivity index (χ1v) is 5.01. The van der Waals surface area contributed by atoms with Gasteiger partial charge in [-0.1, -0.05) is 0 Å². The van der Waals surface area contributed by atoms with Crippen LogP contribution in [0.3, 0.4) is 0 Å². The van der Waals surface area contributed by atoms with Crippen molar-refractivity contribution in [2.45, 2.75) is 0 Å². The lowest BCUT2D eigenvalue weighted by Crippen LogP contribution is -2.44. The lowest BCUT2D eigenvalue weighted by molar-refractivity contribution is 0.0900. The summed E-state index contributed by atoms with van der Waals surface area (Å²) in [6, 6.07) is 5.59. The second-order valence-electron chi connectivity index (χ2n) is 3.71. The zero-order valence-corrected chi connectivity index (χ0v) is 8.60. The summed E-state index contributed by atoms with van der Waals surface area (Å²) < 4.78 is 17.6. The van der Waals surface area contributed by atoms with Crippen LogP contribution in [0.15, 0.2) is 24.3 Å². The third-order valence-electron chi connectivity index (χ3n) is 2.50. The SMILES string of the molecule is O=C1OCC(CO)CN1c1ccc(F)cc1. The average Bonchev–Trinajstić information content (AvgIpc) is 2.31. The normalized spacial score (nSPS) is 20.8. The van der Waals surface area contributed by atoms with E-state index >= 15 is 0 Å². The molecule has 1 amide bonds. The summed E-state index contributed by atoms with van der Waals surface area (Å²) in [6.45, 7) is 0.582. The van der Waals surface area contributed by atoms with Crippen LogP contribution in [0.25, 0.3) is 0 Å². The molecule has 86 valence electrons. The number of aliphatic hydroxyl groups excluding tert-OH is 1.